The average molecular weight is 300 g/mol. The van der Waals surface area contributed by atoms with E-state index in [0.29, 0.717) is 31.5 Å². The highest BCUT2D eigenvalue weighted by atomic mass is 19.1. The molecule has 0 amide bonds. The van der Waals surface area contributed by atoms with Gasteiger partial charge in [-0.1, -0.05) is 0 Å². The maximum atomic E-state index is 14.0. The number of anilines is 1. The highest BCUT2D eigenvalue weighted by Crippen LogP contribution is 2.31. The van der Waals surface area contributed by atoms with Gasteiger partial charge in [-0.2, -0.15) is 0 Å². The van der Waals surface area contributed by atoms with Gasteiger partial charge in [0, 0.05) is 13.1 Å². The highest BCUT2D eigenvalue weighted by Gasteiger charge is 2.30. The van der Waals surface area contributed by atoms with Crippen molar-refractivity contribution in [3.63, 3.8) is 0 Å². The van der Waals surface area contributed by atoms with Gasteiger partial charge in [0.05, 0.1) is 30.1 Å². The maximum Gasteiger partial charge on any atom is 0.310 e. The average Bonchev–Trinajstić information content (AvgIpc) is 2.45. The van der Waals surface area contributed by atoms with Gasteiger partial charge in [0.2, 0.25) is 0 Å². The molecule has 1 heterocycles. The Kier molecular flexibility index (Phi) is 4.35. The summed E-state index contributed by atoms with van der Waals surface area (Å²) in [5, 5.41) is 10.6. The number of carbonyl (C=O) groups excluding carboxylic acids is 1. The van der Waals surface area contributed by atoms with Gasteiger partial charge in [-0.25, -0.2) is 8.78 Å². The zero-order chi connectivity index (χ0) is 15.6. The minimum absolute atomic E-state index is 0.123. The van der Waals surface area contributed by atoms with Crippen molar-refractivity contribution in [3.8, 4) is 0 Å². The fourth-order valence-electron chi connectivity index (χ4n) is 2.50. The summed E-state index contributed by atoms with van der Waals surface area (Å²) in [5.74, 6) is -2.90. The molecule has 1 atom stereocenters. The van der Waals surface area contributed by atoms with Crippen LogP contribution in [0.4, 0.5) is 20.2 Å². The molecule has 1 aromatic rings. The second-order valence-corrected chi connectivity index (χ2v) is 4.82. The summed E-state index contributed by atoms with van der Waals surface area (Å²) in [6.07, 6.45) is 1.16. The van der Waals surface area contributed by atoms with E-state index >= 15 is 0 Å². The van der Waals surface area contributed by atoms with Crippen molar-refractivity contribution in [2.75, 3.05) is 25.1 Å². The molecule has 0 saturated carbocycles. The number of nitro benzene ring substituents is 1. The lowest BCUT2D eigenvalue weighted by atomic mass is 9.97. The van der Waals surface area contributed by atoms with Crippen LogP contribution in [-0.4, -0.2) is 31.1 Å². The van der Waals surface area contributed by atoms with E-state index in [9.17, 15) is 23.7 Å². The maximum absolute atomic E-state index is 14.0. The van der Waals surface area contributed by atoms with Crippen molar-refractivity contribution < 1.29 is 23.2 Å². The first kappa shape index (κ1) is 15.1. The third kappa shape index (κ3) is 3.09. The Morgan fingerprint density at radius 1 is 1.43 bits per heavy atom. The largest absolute Gasteiger partial charge is 0.469 e. The molecule has 0 spiro atoms. The number of benzene rings is 1. The highest BCUT2D eigenvalue weighted by molar-refractivity contribution is 5.73. The standard InChI is InChI=1S/C13H14F2N2O4/c1-21-13(18)8-3-2-4-16(7-8)12-10(14)5-9(17(19)20)6-11(12)15/h5-6,8H,2-4,7H2,1H3. The van der Waals surface area contributed by atoms with Gasteiger partial charge in [-0.05, 0) is 12.8 Å². The van der Waals surface area contributed by atoms with Crippen LogP contribution < -0.4 is 4.90 Å². The van der Waals surface area contributed by atoms with Crippen LogP contribution in [0, 0.1) is 27.7 Å². The van der Waals surface area contributed by atoms with Crippen LogP contribution in [0.25, 0.3) is 0 Å². The Morgan fingerprint density at radius 2 is 2.05 bits per heavy atom. The molecular formula is C13H14F2N2O4. The summed E-state index contributed by atoms with van der Waals surface area (Å²) < 4.78 is 32.6. The third-order valence-electron chi connectivity index (χ3n) is 3.48. The Hall–Kier alpha value is -2.25. The van der Waals surface area contributed by atoms with Gasteiger partial charge in [0.15, 0.2) is 11.6 Å². The van der Waals surface area contributed by atoms with E-state index in [1.54, 1.807) is 0 Å². The molecule has 1 saturated heterocycles. The van der Waals surface area contributed by atoms with E-state index in [1.165, 1.54) is 12.0 Å². The minimum Gasteiger partial charge on any atom is -0.469 e. The van der Waals surface area contributed by atoms with E-state index in [4.69, 9.17) is 0 Å². The summed E-state index contributed by atoms with van der Waals surface area (Å²) in [4.78, 5) is 22.6. The molecule has 0 bridgehead atoms. The van der Waals surface area contributed by atoms with Crippen LogP contribution in [0.15, 0.2) is 12.1 Å². The predicted octanol–water partition coefficient (Wildman–Crippen LogP) is 2.26. The van der Waals surface area contributed by atoms with Crippen molar-refractivity contribution in [2.45, 2.75) is 12.8 Å². The summed E-state index contributed by atoms with van der Waals surface area (Å²) in [6, 6.07) is 1.36. The smallest absolute Gasteiger partial charge is 0.310 e. The molecule has 1 fully saturated rings. The number of ether oxygens (including phenoxy) is 1. The van der Waals surface area contributed by atoms with Gasteiger partial charge in [0.1, 0.15) is 5.69 Å². The second-order valence-electron chi connectivity index (χ2n) is 4.82. The molecule has 8 heteroatoms. The molecule has 2 rings (SSSR count). The zero-order valence-corrected chi connectivity index (χ0v) is 11.3. The number of nitro groups is 1. The molecule has 6 nitrogen and oxygen atoms in total. The quantitative estimate of drug-likeness (QED) is 0.486. The molecule has 21 heavy (non-hydrogen) atoms. The number of carbonyl (C=O) groups is 1. The lowest BCUT2D eigenvalue weighted by Gasteiger charge is -2.33. The van der Waals surface area contributed by atoms with Crippen molar-refractivity contribution >= 4 is 17.3 Å². The van der Waals surface area contributed by atoms with Crippen LogP contribution in [0.2, 0.25) is 0 Å². The Labute approximate surface area is 119 Å². The molecule has 0 aromatic heterocycles. The molecule has 0 N–H and O–H groups in total. The number of nitrogens with zero attached hydrogens (tertiary/aromatic N) is 2. The molecule has 1 aromatic carbocycles. The van der Waals surface area contributed by atoms with E-state index in [0.717, 1.165) is 0 Å². The molecule has 1 aliphatic heterocycles. The first-order chi connectivity index (χ1) is 9.93. The predicted molar refractivity (Wildman–Crippen MR) is 70.0 cm³/mol. The van der Waals surface area contributed by atoms with Gasteiger partial charge in [-0.3, -0.25) is 14.9 Å². The minimum atomic E-state index is -1.01. The molecule has 0 aliphatic carbocycles. The molecular weight excluding hydrogens is 286 g/mol. The van der Waals surface area contributed by atoms with Crippen molar-refractivity contribution in [2.24, 2.45) is 5.92 Å². The van der Waals surface area contributed by atoms with Crippen LogP contribution in [-0.2, 0) is 9.53 Å². The van der Waals surface area contributed by atoms with Crippen LogP contribution in [0.5, 0.6) is 0 Å². The normalized spacial score (nSPS) is 18.4. The molecule has 1 unspecified atom stereocenters. The lowest BCUT2D eigenvalue weighted by Crippen LogP contribution is -2.40. The fraction of sp³-hybridized carbons (Fsp3) is 0.462. The second kappa shape index (κ2) is 6.02. The van der Waals surface area contributed by atoms with Gasteiger partial charge >= 0.3 is 5.97 Å². The summed E-state index contributed by atoms with van der Waals surface area (Å²) in [6.45, 7) is 0.497. The van der Waals surface area contributed by atoms with E-state index in [2.05, 4.69) is 4.74 Å². The topological polar surface area (TPSA) is 72.7 Å². The third-order valence-corrected chi connectivity index (χ3v) is 3.48. The number of hydrogen-bond acceptors (Lipinski definition) is 5. The monoisotopic (exact) mass is 300 g/mol. The number of piperidine rings is 1. The Morgan fingerprint density at radius 3 is 2.57 bits per heavy atom. The van der Waals surface area contributed by atoms with Crippen LogP contribution in [0.1, 0.15) is 12.8 Å². The molecule has 114 valence electrons. The summed E-state index contributed by atoms with van der Waals surface area (Å²) in [5.41, 5.74) is -0.982. The SMILES string of the molecule is COC(=O)C1CCCN(c2c(F)cc([N+](=O)[O-])cc2F)C1. The van der Waals surface area contributed by atoms with E-state index in [-0.39, 0.29) is 12.2 Å². The number of esters is 1. The number of halogens is 2. The summed E-state index contributed by atoms with van der Waals surface area (Å²) >= 11 is 0. The number of methoxy groups -OCH3 is 1. The first-order valence-electron chi connectivity index (χ1n) is 6.40. The number of non-ortho nitro benzene ring substituents is 1. The van der Waals surface area contributed by atoms with Crippen LogP contribution >= 0.6 is 0 Å². The van der Waals surface area contributed by atoms with Crippen LogP contribution in [0.3, 0.4) is 0 Å². The van der Waals surface area contributed by atoms with E-state index < -0.39 is 34.1 Å². The van der Waals surface area contributed by atoms with Crippen molar-refractivity contribution in [3.05, 3.63) is 33.9 Å². The lowest BCUT2D eigenvalue weighted by molar-refractivity contribution is -0.385. The van der Waals surface area contributed by atoms with Crippen molar-refractivity contribution in [1.82, 2.24) is 0 Å². The first-order valence-corrected chi connectivity index (χ1v) is 6.40. The Balaban J connectivity index is 2.29. The molecule has 0 radical (unpaired) electrons. The number of rotatable bonds is 3. The van der Waals surface area contributed by atoms with Gasteiger partial charge in [0.25, 0.3) is 5.69 Å². The fourth-order valence-corrected chi connectivity index (χ4v) is 2.50. The number of hydrogen-bond donors (Lipinski definition) is 0. The van der Waals surface area contributed by atoms with Gasteiger partial charge in [-0.15, -0.1) is 0 Å². The van der Waals surface area contributed by atoms with Crippen molar-refractivity contribution in [1.29, 1.82) is 0 Å². The van der Waals surface area contributed by atoms with E-state index in [1.807, 2.05) is 0 Å². The summed E-state index contributed by atoms with van der Waals surface area (Å²) in [7, 11) is 1.26. The zero-order valence-electron chi connectivity index (χ0n) is 11.3. The van der Waals surface area contributed by atoms with Gasteiger partial charge < -0.3 is 9.64 Å². The molecule has 1 aliphatic rings. The Bertz CT molecular complexity index is 556.